The lowest BCUT2D eigenvalue weighted by Crippen LogP contribution is -2.44. The Hall–Kier alpha value is -2.90. The summed E-state index contributed by atoms with van der Waals surface area (Å²) in [6.45, 7) is 7.33. The number of urea groups is 1. The van der Waals surface area contributed by atoms with Crippen LogP contribution in [0.1, 0.15) is 52.0 Å². The highest BCUT2D eigenvalue weighted by Gasteiger charge is 2.37. The summed E-state index contributed by atoms with van der Waals surface area (Å²) in [5.74, 6) is -1.86. The lowest BCUT2D eigenvalue weighted by atomic mass is 9.96. The fraction of sp³-hybridized carbons (Fsp3) is 0.524. The van der Waals surface area contributed by atoms with Crippen LogP contribution in [0.2, 0.25) is 0 Å². The Kier molecular flexibility index (Phi) is 7.75. The van der Waals surface area contributed by atoms with Crippen LogP contribution in [-0.2, 0) is 19.1 Å². The molecule has 0 spiro atoms. The van der Waals surface area contributed by atoms with Gasteiger partial charge in [0, 0.05) is 24.7 Å². The van der Waals surface area contributed by atoms with Gasteiger partial charge in [0.1, 0.15) is 0 Å². The molecule has 8 heteroatoms. The first-order chi connectivity index (χ1) is 13.7. The molecule has 2 rings (SSSR count). The summed E-state index contributed by atoms with van der Waals surface area (Å²) in [7, 11) is 0. The molecule has 2 atom stereocenters. The van der Waals surface area contributed by atoms with Gasteiger partial charge in [-0.1, -0.05) is 32.0 Å². The third-order valence-electron chi connectivity index (χ3n) is 4.85. The number of amides is 4. The molecule has 0 saturated carbocycles. The number of esters is 1. The van der Waals surface area contributed by atoms with E-state index in [1.54, 1.807) is 18.7 Å². The van der Waals surface area contributed by atoms with Crippen LogP contribution in [0.3, 0.4) is 0 Å². The zero-order valence-electron chi connectivity index (χ0n) is 17.4. The molecule has 1 aliphatic rings. The molecule has 1 aromatic carbocycles. The highest BCUT2D eigenvalue weighted by atomic mass is 16.5. The highest BCUT2D eigenvalue weighted by Crippen LogP contribution is 2.33. The Balaban J connectivity index is 1.94. The summed E-state index contributed by atoms with van der Waals surface area (Å²) in [6.07, 6.45) is 0.965. The third-order valence-corrected chi connectivity index (χ3v) is 4.85. The molecule has 1 saturated heterocycles. The van der Waals surface area contributed by atoms with E-state index in [-0.39, 0.29) is 30.8 Å². The number of carbonyl (C=O) groups is 4. The van der Waals surface area contributed by atoms with E-state index >= 15 is 0 Å². The molecule has 0 unspecified atom stereocenters. The van der Waals surface area contributed by atoms with Gasteiger partial charge in [0.25, 0.3) is 5.91 Å². The number of nitrogens with zero attached hydrogens (tertiary/aromatic N) is 1. The van der Waals surface area contributed by atoms with E-state index in [4.69, 9.17) is 4.74 Å². The maximum absolute atomic E-state index is 12.5. The van der Waals surface area contributed by atoms with Crippen molar-refractivity contribution in [2.24, 2.45) is 5.92 Å². The first kappa shape index (κ1) is 22.4. The maximum Gasteiger partial charge on any atom is 0.321 e. The Labute approximate surface area is 171 Å². The quantitative estimate of drug-likeness (QED) is 0.680. The van der Waals surface area contributed by atoms with Crippen LogP contribution in [0, 0.1) is 5.92 Å². The second kappa shape index (κ2) is 10.0. The van der Waals surface area contributed by atoms with E-state index in [9.17, 15) is 19.2 Å². The number of nitrogens with one attached hydrogen (secondary N) is 2. The summed E-state index contributed by atoms with van der Waals surface area (Å²) in [5, 5.41) is 4.59. The average molecular weight is 403 g/mol. The predicted molar refractivity (Wildman–Crippen MR) is 108 cm³/mol. The van der Waals surface area contributed by atoms with Gasteiger partial charge in [-0.15, -0.1) is 0 Å². The van der Waals surface area contributed by atoms with Crippen LogP contribution in [0.25, 0.3) is 0 Å². The van der Waals surface area contributed by atoms with Crippen molar-refractivity contribution in [2.45, 2.75) is 52.5 Å². The zero-order chi connectivity index (χ0) is 21.6. The fourth-order valence-corrected chi connectivity index (χ4v) is 3.18. The van der Waals surface area contributed by atoms with Crippen LogP contribution < -0.4 is 15.5 Å². The molecular weight excluding hydrogens is 374 g/mol. The number of carbonyl (C=O) groups excluding carboxylic acids is 4. The molecule has 1 fully saturated rings. The van der Waals surface area contributed by atoms with Crippen molar-refractivity contribution in [1.29, 1.82) is 0 Å². The van der Waals surface area contributed by atoms with Crippen molar-refractivity contribution in [3.8, 4) is 0 Å². The lowest BCUT2D eigenvalue weighted by molar-refractivity contribution is -0.152. The van der Waals surface area contributed by atoms with Crippen LogP contribution in [-0.4, -0.2) is 43.0 Å². The minimum Gasteiger partial charge on any atom is -0.455 e. The van der Waals surface area contributed by atoms with Crippen molar-refractivity contribution in [3.63, 3.8) is 0 Å². The molecule has 29 heavy (non-hydrogen) atoms. The van der Waals surface area contributed by atoms with Gasteiger partial charge in [-0.25, -0.2) is 4.79 Å². The van der Waals surface area contributed by atoms with Crippen LogP contribution in [0.5, 0.6) is 0 Å². The summed E-state index contributed by atoms with van der Waals surface area (Å²) in [6, 6.07) is 6.91. The molecular formula is C21H29N3O5. The van der Waals surface area contributed by atoms with Gasteiger partial charge in [-0.2, -0.15) is 0 Å². The van der Waals surface area contributed by atoms with Crippen molar-refractivity contribution in [2.75, 3.05) is 18.1 Å². The van der Waals surface area contributed by atoms with Crippen molar-refractivity contribution >= 4 is 29.5 Å². The molecule has 1 heterocycles. The number of para-hydroxylation sites is 1. The Morgan fingerprint density at radius 1 is 1.21 bits per heavy atom. The van der Waals surface area contributed by atoms with E-state index in [1.165, 1.54) is 0 Å². The van der Waals surface area contributed by atoms with Gasteiger partial charge in [-0.3, -0.25) is 19.7 Å². The van der Waals surface area contributed by atoms with Gasteiger partial charge < -0.3 is 15.0 Å². The molecule has 0 radical (unpaired) electrons. The SMILES string of the molecule is CC[C@H](C)c1ccccc1N1C[C@@H](C(=O)OCC(=O)NC(=O)NC(C)C)CC1=O. The minimum absolute atomic E-state index is 0.0309. The predicted octanol–water partition coefficient (Wildman–Crippen LogP) is 2.33. The van der Waals surface area contributed by atoms with E-state index in [1.807, 2.05) is 24.3 Å². The zero-order valence-corrected chi connectivity index (χ0v) is 17.4. The molecule has 0 bridgehead atoms. The van der Waals surface area contributed by atoms with Crippen LogP contribution >= 0.6 is 0 Å². The first-order valence-corrected chi connectivity index (χ1v) is 9.89. The number of hydrogen-bond donors (Lipinski definition) is 2. The monoisotopic (exact) mass is 403 g/mol. The van der Waals surface area contributed by atoms with E-state index in [0.717, 1.165) is 17.7 Å². The van der Waals surface area contributed by atoms with Gasteiger partial charge >= 0.3 is 12.0 Å². The molecule has 158 valence electrons. The molecule has 1 aliphatic heterocycles. The smallest absolute Gasteiger partial charge is 0.321 e. The van der Waals surface area contributed by atoms with Crippen molar-refractivity contribution < 1.29 is 23.9 Å². The summed E-state index contributed by atoms with van der Waals surface area (Å²) in [4.78, 5) is 49.7. The number of rotatable bonds is 7. The highest BCUT2D eigenvalue weighted by molar-refractivity contribution is 6.00. The van der Waals surface area contributed by atoms with E-state index < -0.39 is 30.4 Å². The third kappa shape index (κ3) is 6.04. The lowest BCUT2D eigenvalue weighted by Gasteiger charge is -2.23. The summed E-state index contributed by atoms with van der Waals surface area (Å²) in [5.41, 5.74) is 1.87. The standard InChI is InChI=1S/C21H29N3O5/c1-5-14(4)16-8-6-7-9-17(16)24-11-15(10-19(24)26)20(27)29-12-18(25)23-21(28)22-13(2)3/h6-9,13-15H,5,10-12H2,1-4H3,(H2,22,23,25,28)/t14-,15-/m0/s1. The summed E-state index contributed by atoms with van der Waals surface area (Å²) < 4.78 is 5.02. The normalized spacial score (nSPS) is 17.2. The number of imide groups is 1. The molecule has 2 N–H and O–H groups in total. The largest absolute Gasteiger partial charge is 0.455 e. The number of hydrogen-bond acceptors (Lipinski definition) is 5. The van der Waals surface area contributed by atoms with Gasteiger partial charge in [-0.05, 0) is 37.8 Å². The first-order valence-electron chi connectivity index (χ1n) is 9.89. The molecule has 0 aliphatic carbocycles. The van der Waals surface area contributed by atoms with Gasteiger partial charge in [0.15, 0.2) is 6.61 Å². The minimum atomic E-state index is -0.722. The van der Waals surface area contributed by atoms with Crippen molar-refractivity contribution in [1.82, 2.24) is 10.6 Å². The fourth-order valence-electron chi connectivity index (χ4n) is 3.18. The Bertz CT molecular complexity index is 777. The molecule has 4 amide bonds. The number of benzene rings is 1. The van der Waals surface area contributed by atoms with Gasteiger partial charge in [0.2, 0.25) is 5.91 Å². The number of ether oxygens (including phenoxy) is 1. The topological polar surface area (TPSA) is 105 Å². The molecule has 1 aromatic rings. The Morgan fingerprint density at radius 2 is 1.90 bits per heavy atom. The molecule has 8 nitrogen and oxygen atoms in total. The number of anilines is 1. The van der Waals surface area contributed by atoms with Gasteiger partial charge in [0.05, 0.1) is 5.92 Å². The van der Waals surface area contributed by atoms with Crippen LogP contribution in [0.15, 0.2) is 24.3 Å². The summed E-state index contributed by atoms with van der Waals surface area (Å²) >= 11 is 0. The maximum atomic E-state index is 12.5. The second-order valence-electron chi connectivity index (χ2n) is 7.56. The van der Waals surface area contributed by atoms with Crippen molar-refractivity contribution in [3.05, 3.63) is 29.8 Å². The van der Waals surface area contributed by atoms with E-state index in [2.05, 4.69) is 24.5 Å². The van der Waals surface area contributed by atoms with Crippen LogP contribution in [0.4, 0.5) is 10.5 Å². The molecule has 0 aromatic heterocycles. The average Bonchev–Trinajstić information content (AvgIpc) is 3.06. The van der Waals surface area contributed by atoms with E-state index in [0.29, 0.717) is 0 Å². The Morgan fingerprint density at radius 3 is 2.55 bits per heavy atom. The second-order valence-corrected chi connectivity index (χ2v) is 7.56.